The molecule has 0 unspecified atom stereocenters. The van der Waals surface area contributed by atoms with Crippen molar-refractivity contribution in [2.75, 3.05) is 18.1 Å². The Labute approximate surface area is 137 Å². The Morgan fingerprint density at radius 1 is 0.870 bits per heavy atom. The van der Waals surface area contributed by atoms with Gasteiger partial charge in [-0.1, -0.05) is 13.8 Å². The van der Waals surface area contributed by atoms with Gasteiger partial charge in [-0.25, -0.2) is 0 Å². The number of nitrogen functional groups attached to an aromatic ring is 2. The van der Waals surface area contributed by atoms with E-state index in [9.17, 15) is 0 Å². The number of hydrogen-bond donors (Lipinski definition) is 2. The van der Waals surface area contributed by atoms with Gasteiger partial charge in [0, 0.05) is 23.5 Å². The summed E-state index contributed by atoms with van der Waals surface area (Å²) in [5.41, 5.74) is 16.7. The maximum Gasteiger partial charge on any atom is 0.0913 e. The van der Waals surface area contributed by atoms with Crippen LogP contribution in [0.1, 0.15) is 31.4 Å². The van der Waals surface area contributed by atoms with Crippen molar-refractivity contribution in [1.82, 2.24) is 0 Å². The van der Waals surface area contributed by atoms with E-state index in [1.807, 2.05) is 36.4 Å². The average molecular weight is 312 g/mol. The van der Waals surface area contributed by atoms with Crippen LogP contribution in [0, 0.1) is 0 Å². The van der Waals surface area contributed by atoms with Gasteiger partial charge in [0.25, 0.3) is 0 Å². The van der Waals surface area contributed by atoms with Crippen molar-refractivity contribution in [3.05, 3.63) is 47.5 Å². The lowest BCUT2D eigenvalue weighted by Crippen LogP contribution is -1.96. The number of ether oxygens (including phenoxy) is 1. The fourth-order valence-electron chi connectivity index (χ4n) is 2.24. The minimum atomic E-state index is 0.482. The number of rotatable bonds is 7. The van der Waals surface area contributed by atoms with Gasteiger partial charge in [-0.15, -0.1) is 0 Å². The molecular formula is C18H24N4O. The van der Waals surface area contributed by atoms with Gasteiger partial charge in [0.05, 0.1) is 18.0 Å². The van der Waals surface area contributed by atoms with Gasteiger partial charge in [-0.05, 0) is 54.8 Å². The van der Waals surface area contributed by atoms with Crippen LogP contribution in [0.3, 0.4) is 0 Å². The van der Waals surface area contributed by atoms with Crippen molar-refractivity contribution in [2.45, 2.75) is 33.3 Å². The lowest BCUT2D eigenvalue weighted by Gasteiger charge is -2.08. The highest BCUT2D eigenvalue weighted by molar-refractivity contribution is 5.57. The van der Waals surface area contributed by atoms with Crippen LogP contribution in [-0.2, 0) is 17.8 Å². The molecule has 2 aromatic rings. The highest BCUT2D eigenvalue weighted by Crippen LogP contribution is 2.28. The van der Waals surface area contributed by atoms with E-state index in [0.717, 1.165) is 41.0 Å². The molecule has 4 N–H and O–H groups in total. The second-order valence-corrected chi connectivity index (χ2v) is 5.38. The summed E-state index contributed by atoms with van der Waals surface area (Å²) >= 11 is 0. The van der Waals surface area contributed by atoms with Crippen molar-refractivity contribution < 1.29 is 4.74 Å². The van der Waals surface area contributed by atoms with E-state index in [0.29, 0.717) is 18.9 Å². The first kappa shape index (κ1) is 17.0. The minimum Gasteiger partial charge on any atom is -0.399 e. The monoisotopic (exact) mass is 312 g/mol. The number of azo groups is 1. The molecule has 0 amide bonds. The highest BCUT2D eigenvalue weighted by atomic mass is 16.5. The SMILES string of the molecule is CCCOCc1cc(N)ccc1N=Nc1ccc(N)cc1CC. The van der Waals surface area contributed by atoms with Gasteiger partial charge >= 0.3 is 0 Å². The molecular weight excluding hydrogens is 288 g/mol. The van der Waals surface area contributed by atoms with Gasteiger partial charge in [0.15, 0.2) is 0 Å². The largest absolute Gasteiger partial charge is 0.399 e. The molecule has 0 bridgehead atoms. The predicted molar refractivity (Wildman–Crippen MR) is 95.2 cm³/mol. The lowest BCUT2D eigenvalue weighted by molar-refractivity contribution is 0.122. The number of aryl methyl sites for hydroxylation is 1. The molecule has 0 saturated heterocycles. The zero-order valence-corrected chi connectivity index (χ0v) is 13.7. The molecule has 0 saturated carbocycles. The van der Waals surface area contributed by atoms with Crippen LogP contribution in [0.2, 0.25) is 0 Å². The molecule has 0 atom stereocenters. The van der Waals surface area contributed by atoms with Gasteiger partial charge in [0.2, 0.25) is 0 Å². The van der Waals surface area contributed by atoms with Crippen molar-refractivity contribution in [3.8, 4) is 0 Å². The smallest absolute Gasteiger partial charge is 0.0913 e. The van der Waals surface area contributed by atoms with E-state index >= 15 is 0 Å². The van der Waals surface area contributed by atoms with Crippen LogP contribution >= 0.6 is 0 Å². The summed E-state index contributed by atoms with van der Waals surface area (Å²) in [6, 6.07) is 11.2. The van der Waals surface area contributed by atoms with E-state index in [4.69, 9.17) is 16.2 Å². The molecule has 0 fully saturated rings. The number of nitrogens with zero attached hydrogens (tertiary/aromatic N) is 2. The number of nitrogens with two attached hydrogens (primary N) is 2. The van der Waals surface area contributed by atoms with Gasteiger partial charge in [0.1, 0.15) is 0 Å². The van der Waals surface area contributed by atoms with E-state index < -0.39 is 0 Å². The number of benzene rings is 2. The van der Waals surface area contributed by atoms with Crippen LogP contribution in [-0.4, -0.2) is 6.61 Å². The number of hydrogen-bond acceptors (Lipinski definition) is 5. The first-order valence-electron chi connectivity index (χ1n) is 7.90. The Morgan fingerprint density at radius 2 is 1.43 bits per heavy atom. The van der Waals surface area contributed by atoms with Crippen LogP contribution < -0.4 is 11.5 Å². The van der Waals surface area contributed by atoms with Gasteiger partial charge in [-0.3, -0.25) is 0 Å². The van der Waals surface area contributed by atoms with Crippen molar-refractivity contribution in [3.63, 3.8) is 0 Å². The van der Waals surface area contributed by atoms with Crippen molar-refractivity contribution >= 4 is 22.7 Å². The number of anilines is 2. The molecule has 2 aromatic carbocycles. The predicted octanol–water partition coefficient (Wildman–Crippen LogP) is 4.76. The zero-order chi connectivity index (χ0) is 16.7. The molecule has 122 valence electrons. The Balaban J connectivity index is 2.25. The Morgan fingerprint density at radius 3 is 2.00 bits per heavy atom. The standard InChI is InChI=1S/C18H24N4O/c1-3-9-23-12-14-11-16(20)6-8-18(14)22-21-17-7-5-15(19)10-13(17)4-2/h5-8,10-11H,3-4,9,12,19-20H2,1-2H3. The average Bonchev–Trinajstić information content (AvgIpc) is 2.55. The quantitative estimate of drug-likeness (QED) is 0.439. The molecule has 2 rings (SSSR count). The maximum atomic E-state index is 5.86. The van der Waals surface area contributed by atoms with E-state index in [1.54, 1.807) is 0 Å². The molecule has 0 aromatic heterocycles. The van der Waals surface area contributed by atoms with Crippen molar-refractivity contribution in [1.29, 1.82) is 0 Å². The second-order valence-electron chi connectivity index (χ2n) is 5.38. The Kier molecular flexibility index (Phi) is 6.11. The normalized spacial score (nSPS) is 11.2. The van der Waals surface area contributed by atoms with Crippen LogP contribution in [0.25, 0.3) is 0 Å². The zero-order valence-electron chi connectivity index (χ0n) is 13.7. The summed E-state index contributed by atoms with van der Waals surface area (Å²) in [6.07, 6.45) is 1.83. The first-order chi connectivity index (χ1) is 11.1. The first-order valence-corrected chi connectivity index (χ1v) is 7.90. The van der Waals surface area contributed by atoms with E-state index in [-0.39, 0.29) is 0 Å². The molecule has 0 spiro atoms. The summed E-state index contributed by atoms with van der Waals surface area (Å²) in [5, 5.41) is 8.76. The molecule has 5 nitrogen and oxygen atoms in total. The van der Waals surface area contributed by atoms with Crippen LogP contribution in [0.15, 0.2) is 46.6 Å². The Hall–Kier alpha value is -2.40. The third kappa shape index (κ3) is 4.79. The summed E-state index contributed by atoms with van der Waals surface area (Å²) in [5.74, 6) is 0. The van der Waals surface area contributed by atoms with Crippen molar-refractivity contribution in [2.24, 2.45) is 10.2 Å². The third-order valence-electron chi connectivity index (χ3n) is 3.46. The maximum absolute atomic E-state index is 5.86. The summed E-state index contributed by atoms with van der Waals surface area (Å²) < 4.78 is 5.60. The summed E-state index contributed by atoms with van der Waals surface area (Å²) in [4.78, 5) is 0. The second kappa shape index (κ2) is 8.29. The lowest BCUT2D eigenvalue weighted by atomic mass is 10.1. The molecule has 5 heteroatoms. The topological polar surface area (TPSA) is 86.0 Å². The highest BCUT2D eigenvalue weighted by Gasteiger charge is 2.05. The fraction of sp³-hybridized carbons (Fsp3) is 0.333. The fourth-order valence-corrected chi connectivity index (χ4v) is 2.24. The van der Waals surface area contributed by atoms with Crippen LogP contribution in [0.5, 0.6) is 0 Å². The third-order valence-corrected chi connectivity index (χ3v) is 3.46. The molecule has 23 heavy (non-hydrogen) atoms. The van der Waals surface area contributed by atoms with Crippen LogP contribution in [0.4, 0.5) is 22.7 Å². The molecule has 0 heterocycles. The molecule has 0 aliphatic carbocycles. The van der Waals surface area contributed by atoms with Gasteiger partial charge in [-0.2, -0.15) is 10.2 Å². The van der Waals surface area contributed by atoms with E-state index in [1.165, 1.54) is 0 Å². The minimum absolute atomic E-state index is 0.482. The van der Waals surface area contributed by atoms with Gasteiger partial charge < -0.3 is 16.2 Å². The molecule has 0 aliphatic rings. The summed E-state index contributed by atoms with van der Waals surface area (Å²) in [6.45, 7) is 5.34. The van der Waals surface area contributed by atoms with E-state index in [2.05, 4.69) is 24.1 Å². The summed E-state index contributed by atoms with van der Waals surface area (Å²) in [7, 11) is 0. The Bertz CT molecular complexity index is 683. The molecule has 0 radical (unpaired) electrons. The molecule has 0 aliphatic heterocycles.